The summed E-state index contributed by atoms with van der Waals surface area (Å²) in [4.78, 5) is 23.3. The summed E-state index contributed by atoms with van der Waals surface area (Å²) in [5.41, 5.74) is 0.757. The van der Waals surface area contributed by atoms with E-state index in [-0.39, 0.29) is 28.7 Å². The molecule has 0 bridgehead atoms. The number of fused-ring (bicyclic) bond motifs is 5. The van der Waals surface area contributed by atoms with Crippen LogP contribution in [0.1, 0.15) is 52.9 Å². The Morgan fingerprint density at radius 3 is 2.72 bits per heavy atom. The lowest BCUT2D eigenvalue weighted by Gasteiger charge is -2.55. The number of esters is 1. The van der Waals surface area contributed by atoms with Crippen molar-refractivity contribution in [1.29, 1.82) is 0 Å². The zero-order valence-electron chi connectivity index (χ0n) is 15.3. The van der Waals surface area contributed by atoms with Crippen LogP contribution in [0.3, 0.4) is 0 Å². The van der Waals surface area contributed by atoms with Gasteiger partial charge in [-0.3, -0.25) is 9.59 Å². The molecule has 0 aromatic rings. The Hall–Kier alpha value is -1.45. The van der Waals surface area contributed by atoms with Crippen LogP contribution >= 0.6 is 0 Å². The molecule has 0 saturated heterocycles. The molecule has 7 unspecified atom stereocenters. The maximum atomic E-state index is 14.2. The first-order valence-electron chi connectivity index (χ1n) is 9.51. The van der Waals surface area contributed by atoms with Gasteiger partial charge in [0, 0.05) is 12.3 Å². The van der Waals surface area contributed by atoms with E-state index in [1.165, 1.54) is 13.0 Å². The van der Waals surface area contributed by atoms with Crippen molar-refractivity contribution in [1.82, 2.24) is 0 Å². The van der Waals surface area contributed by atoms with Crippen molar-refractivity contribution in [3.05, 3.63) is 23.8 Å². The van der Waals surface area contributed by atoms with E-state index < -0.39 is 6.17 Å². The molecule has 7 atom stereocenters. The second-order valence-electron chi connectivity index (χ2n) is 8.96. The molecule has 2 saturated carbocycles. The molecular weight excluding hydrogens is 319 g/mol. The summed E-state index contributed by atoms with van der Waals surface area (Å²) < 4.78 is 19.9. The molecule has 0 amide bonds. The molecular formula is C21H27FO3. The molecule has 0 N–H and O–H groups in total. The monoisotopic (exact) mass is 346 g/mol. The highest BCUT2D eigenvalue weighted by Gasteiger charge is 2.59. The Morgan fingerprint density at radius 2 is 2.00 bits per heavy atom. The predicted octanol–water partition coefficient (Wildman–Crippen LogP) is 4.17. The SMILES string of the molecule is CC(=O)OC1CCC2C3C=CC4=CC(=O)C(F)CC4(C)C3CCC12C. The lowest BCUT2D eigenvalue weighted by atomic mass is 9.49. The minimum atomic E-state index is -1.37. The van der Waals surface area contributed by atoms with Gasteiger partial charge in [0.15, 0.2) is 12.0 Å². The Kier molecular flexibility index (Phi) is 3.75. The topological polar surface area (TPSA) is 43.4 Å². The second kappa shape index (κ2) is 5.52. The van der Waals surface area contributed by atoms with E-state index in [0.717, 1.165) is 31.3 Å². The molecule has 4 rings (SSSR count). The van der Waals surface area contributed by atoms with E-state index in [1.54, 1.807) is 0 Å². The third-order valence-electron chi connectivity index (χ3n) is 7.74. The number of hydrogen-bond acceptors (Lipinski definition) is 3. The first kappa shape index (κ1) is 17.0. The van der Waals surface area contributed by atoms with Crippen LogP contribution in [0.25, 0.3) is 0 Å². The van der Waals surface area contributed by atoms with Crippen LogP contribution in [0, 0.1) is 28.6 Å². The molecule has 0 radical (unpaired) electrons. The first-order chi connectivity index (χ1) is 11.8. The third kappa shape index (κ3) is 2.36. The van der Waals surface area contributed by atoms with Gasteiger partial charge in [-0.05, 0) is 66.9 Å². The van der Waals surface area contributed by atoms with Crippen LogP contribution in [0.15, 0.2) is 23.8 Å². The van der Waals surface area contributed by atoms with Crippen molar-refractivity contribution in [2.75, 3.05) is 0 Å². The van der Waals surface area contributed by atoms with Crippen LogP contribution in [-0.2, 0) is 14.3 Å². The summed E-state index contributed by atoms with van der Waals surface area (Å²) in [5.74, 6) is 0.621. The molecule has 3 nitrogen and oxygen atoms in total. The fourth-order valence-electron chi connectivity index (χ4n) is 6.37. The summed E-state index contributed by atoms with van der Waals surface area (Å²) in [6.07, 6.45) is 8.74. The van der Waals surface area contributed by atoms with Crippen molar-refractivity contribution < 1.29 is 18.7 Å². The van der Waals surface area contributed by atoms with Crippen molar-refractivity contribution in [2.45, 2.75) is 65.2 Å². The van der Waals surface area contributed by atoms with E-state index in [4.69, 9.17) is 4.74 Å². The molecule has 4 aliphatic rings. The molecule has 0 aromatic heterocycles. The Bertz CT molecular complexity index is 681. The fraction of sp³-hybridized carbons (Fsp3) is 0.714. The molecule has 4 heteroatoms. The van der Waals surface area contributed by atoms with Crippen molar-refractivity contribution in [2.24, 2.45) is 28.6 Å². The molecule has 4 aliphatic carbocycles. The van der Waals surface area contributed by atoms with Crippen molar-refractivity contribution >= 4 is 11.8 Å². The molecule has 0 spiro atoms. The number of hydrogen-bond donors (Lipinski definition) is 0. The van der Waals surface area contributed by atoms with Gasteiger partial charge in [-0.1, -0.05) is 26.0 Å². The number of carbonyl (C=O) groups excluding carboxylic acids is 2. The highest BCUT2D eigenvalue weighted by Crippen LogP contribution is 2.64. The lowest BCUT2D eigenvalue weighted by molar-refractivity contribution is -0.155. The van der Waals surface area contributed by atoms with Gasteiger partial charge in [0.25, 0.3) is 0 Å². The molecule has 0 aromatic carbocycles. The fourth-order valence-corrected chi connectivity index (χ4v) is 6.37. The number of ether oxygens (including phenoxy) is 1. The number of allylic oxidation sites excluding steroid dienone is 4. The second-order valence-corrected chi connectivity index (χ2v) is 8.96. The zero-order chi connectivity index (χ0) is 18.0. The molecule has 0 heterocycles. The largest absolute Gasteiger partial charge is 0.462 e. The maximum Gasteiger partial charge on any atom is 0.302 e. The number of ketones is 1. The number of rotatable bonds is 1. The molecule has 25 heavy (non-hydrogen) atoms. The molecule has 0 aliphatic heterocycles. The summed E-state index contributed by atoms with van der Waals surface area (Å²) >= 11 is 0. The Morgan fingerprint density at radius 1 is 1.24 bits per heavy atom. The number of carbonyl (C=O) groups is 2. The lowest BCUT2D eigenvalue weighted by Crippen LogP contribution is -2.51. The van der Waals surface area contributed by atoms with Gasteiger partial charge >= 0.3 is 5.97 Å². The predicted molar refractivity (Wildman–Crippen MR) is 92.4 cm³/mol. The summed E-state index contributed by atoms with van der Waals surface area (Å²) in [5, 5.41) is 0. The van der Waals surface area contributed by atoms with Gasteiger partial charge in [-0.15, -0.1) is 0 Å². The van der Waals surface area contributed by atoms with E-state index in [1.807, 2.05) is 0 Å². The van der Waals surface area contributed by atoms with Gasteiger partial charge in [0.05, 0.1) is 0 Å². The smallest absolute Gasteiger partial charge is 0.302 e. The zero-order valence-corrected chi connectivity index (χ0v) is 15.3. The maximum absolute atomic E-state index is 14.2. The van der Waals surface area contributed by atoms with Gasteiger partial charge in [-0.2, -0.15) is 0 Å². The van der Waals surface area contributed by atoms with Crippen LogP contribution in [0.4, 0.5) is 4.39 Å². The highest BCUT2D eigenvalue weighted by atomic mass is 19.1. The minimum absolute atomic E-state index is 0.00375. The molecule has 2 fully saturated rings. The number of alkyl halides is 1. The van der Waals surface area contributed by atoms with Crippen molar-refractivity contribution in [3.8, 4) is 0 Å². The van der Waals surface area contributed by atoms with Crippen LogP contribution in [0.5, 0.6) is 0 Å². The van der Waals surface area contributed by atoms with Gasteiger partial charge in [0.2, 0.25) is 0 Å². The van der Waals surface area contributed by atoms with E-state index in [9.17, 15) is 14.0 Å². The average molecular weight is 346 g/mol. The quantitative estimate of drug-likeness (QED) is 0.669. The normalized spacial score (nSPS) is 48.2. The Labute approximate surface area is 148 Å². The van der Waals surface area contributed by atoms with E-state index >= 15 is 0 Å². The summed E-state index contributed by atoms with van der Waals surface area (Å²) in [7, 11) is 0. The minimum Gasteiger partial charge on any atom is -0.462 e. The van der Waals surface area contributed by atoms with Crippen LogP contribution in [0.2, 0.25) is 0 Å². The summed E-state index contributed by atoms with van der Waals surface area (Å²) in [6.45, 7) is 5.89. The number of halogens is 1. The van der Waals surface area contributed by atoms with E-state index in [0.29, 0.717) is 24.2 Å². The highest BCUT2D eigenvalue weighted by molar-refractivity contribution is 5.96. The molecule has 136 valence electrons. The van der Waals surface area contributed by atoms with Gasteiger partial charge in [0.1, 0.15) is 6.10 Å². The average Bonchev–Trinajstić information content (AvgIpc) is 2.85. The van der Waals surface area contributed by atoms with Crippen LogP contribution < -0.4 is 0 Å². The van der Waals surface area contributed by atoms with E-state index in [2.05, 4.69) is 26.0 Å². The Balaban J connectivity index is 1.68. The first-order valence-corrected chi connectivity index (χ1v) is 9.51. The van der Waals surface area contributed by atoms with Crippen molar-refractivity contribution in [3.63, 3.8) is 0 Å². The van der Waals surface area contributed by atoms with Crippen LogP contribution in [-0.4, -0.2) is 24.0 Å². The van der Waals surface area contributed by atoms with Gasteiger partial charge in [-0.25, -0.2) is 4.39 Å². The summed E-state index contributed by atoms with van der Waals surface area (Å²) in [6, 6.07) is 0. The van der Waals surface area contributed by atoms with Gasteiger partial charge < -0.3 is 4.74 Å². The third-order valence-corrected chi connectivity index (χ3v) is 7.74. The standard InChI is InChI=1S/C21H27FO3/c1-12(23)25-19-7-6-15-14-5-4-13-10-18(24)17(22)11-21(13,3)16(14)8-9-20(15,19)2/h4-5,10,14-17,19H,6-9,11H2,1-3H3.